The second-order valence-electron chi connectivity index (χ2n) is 8.04. The first-order chi connectivity index (χ1) is 14.9. The number of hydrogen-bond donors (Lipinski definition) is 1. The normalized spacial score (nSPS) is 19.8. The summed E-state index contributed by atoms with van der Waals surface area (Å²) in [4.78, 5) is 15.0. The Morgan fingerprint density at radius 1 is 0.968 bits per heavy atom. The Bertz CT molecular complexity index is 1240. The third-order valence-corrected chi connectivity index (χ3v) is 7.56. The van der Waals surface area contributed by atoms with Gasteiger partial charge in [0, 0.05) is 29.8 Å². The molecule has 5 rings (SSSR count). The number of carbonyl (C=O) groups is 1. The van der Waals surface area contributed by atoms with Crippen LogP contribution in [0.1, 0.15) is 33.8 Å². The highest BCUT2D eigenvalue weighted by Gasteiger charge is 2.39. The summed E-state index contributed by atoms with van der Waals surface area (Å²) < 4.78 is 41.5. The fourth-order valence-electron chi connectivity index (χ4n) is 4.70. The first kappa shape index (κ1) is 19.9. The summed E-state index contributed by atoms with van der Waals surface area (Å²) in [5.74, 6) is -0.465. The smallest absolute Gasteiger partial charge is 0.258 e. The number of carbonyl (C=O) groups excluding carboxylic acids is 1. The lowest BCUT2D eigenvalue weighted by Crippen LogP contribution is -2.40. The number of benzene rings is 3. The van der Waals surface area contributed by atoms with Crippen molar-refractivity contribution in [1.82, 2.24) is 4.72 Å². The van der Waals surface area contributed by atoms with Gasteiger partial charge in [0.05, 0.1) is 4.90 Å². The van der Waals surface area contributed by atoms with Crippen molar-refractivity contribution in [1.29, 1.82) is 0 Å². The van der Waals surface area contributed by atoms with Gasteiger partial charge in [0.1, 0.15) is 5.82 Å². The van der Waals surface area contributed by atoms with E-state index in [-0.39, 0.29) is 22.8 Å². The number of halogens is 1. The average molecular weight is 437 g/mol. The summed E-state index contributed by atoms with van der Waals surface area (Å²) in [6.07, 6.45) is 1.15. The van der Waals surface area contributed by atoms with Crippen LogP contribution >= 0.6 is 0 Å². The number of rotatable bonds is 4. The van der Waals surface area contributed by atoms with Gasteiger partial charge < -0.3 is 4.90 Å². The molecule has 2 unspecified atom stereocenters. The molecular weight excluding hydrogens is 415 g/mol. The van der Waals surface area contributed by atoms with Crippen LogP contribution < -0.4 is 9.62 Å². The van der Waals surface area contributed by atoms with Crippen molar-refractivity contribution in [3.05, 3.63) is 95.3 Å². The minimum atomic E-state index is -3.76. The molecule has 1 heterocycles. The molecule has 0 bridgehead atoms. The van der Waals surface area contributed by atoms with Crippen molar-refractivity contribution < 1.29 is 17.6 Å². The maximum absolute atomic E-state index is 13.2. The Balaban J connectivity index is 1.40. The average Bonchev–Trinajstić information content (AvgIpc) is 3.14. The minimum Gasteiger partial charge on any atom is -0.307 e. The molecule has 2 aliphatic rings. The predicted octanol–water partition coefficient (Wildman–Crippen LogP) is 3.86. The van der Waals surface area contributed by atoms with Crippen LogP contribution in [-0.4, -0.2) is 26.9 Å². The van der Waals surface area contributed by atoms with Gasteiger partial charge in [-0.2, -0.15) is 0 Å². The van der Waals surface area contributed by atoms with E-state index in [2.05, 4.69) is 4.72 Å². The maximum atomic E-state index is 13.2. The van der Waals surface area contributed by atoms with Gasteiger partial charge in [-0.25, -0.2) is 17.5 Å². The molecule has 0 saturated carbocycles. The van der Waals surface area contributed by atoms with E-state index in [1.54, 1.807) is 17.0 Å². The Labute approximate surface area is 180 Å². The van der Waals surface area contributed by atoms with Crippen molar-refractivity contribution in [2.75, 3.05) is 11.4 Å². The summed E-state index contributed by atoms with van der Waals surface area (Å²) in [7, 11) is -3.76. The van der Waals surface area contributed by atoms with Gasteiger partial charge in [-0.15, -0.1) is 0 Å². The van der Waals surface area contributed by atoms with E-state index >= 15 is 0 Å². The molecule has 0 fully saturated rings. The topological polar surface area (TPSA) is 66.5 Å². The highest BCUT2D eigenvalue weighted by Crippen LogP contribution is 2.45. The molecule has 158 valence electrons. The van der Waals surface area contributed by atoms with E-state index in [0.29, 0.717) is 24.9 Å². The molecule has 5 nitrogen and oxygen atoms in total. The fraction of sp³-hybridized carbons (Fsp3) is 0.208. The molecule has 0 radical (unpaired) electrons. The van der Waals surface area contributed by atoms with Crippen molar-refractivity contribution in [2.45, 2.75) is 29.7 Å². The standard InChI is InChI=1S/C24H21FN2O3S/c25-19-9-11-21(12-10-19)31(29,30)26-20-13-17-7-4-8-22-23(17)18(14-20)15-27(22)24(28)16-5-2-1-3-6-16/h1-12,18,20,26H,13-15H2. The summed E-state index contributed by atoms with van der Waals surface area (Å²) in [5.41, 5.74) is 3.75. The van der Waals surface area contributed by atoms with Crippen LogP contribution in [0.4, 0.5) is 10.1 Å². The van der Waals surface area contributed by atoms with E-state index in [0.717, 1.165) is 28.9 Å². The van der Waals surface area contributed by atoms with Gasteiger partial charge in [-0.3, -0.25) is 4.79 Å². The molecule has 1 N–H and O–H groups in total. The maximum Gasteiger partial charge on any atom is 0.258 e. The molecule has 31 heavy (non-hydrogen) atoms. The van der Waals surface area contributed by atoms with Crippen LogP contribution in [0.15, 0.2) is 77.7 Å². The molecule has 1 aliphatic carbocycles. The van der Waals surface area contributed by atoms with Gasteiger partial charge >= 0.3 is 0 Å². The highest BCUT2D eigenvalue weighted by atomic mass is 32.2. The number of hydrogen-bond acceptors (Lipinski definition) is 3. The zero-order valence-electron chi connectivity index (χ0n) is 16.7. The van der Waals surface area contributed by atoms with Crippen molar-refractivity contribution in [3.8, 4) is 0 Å². The summed E-state index contributed by atoms with van der Waals surface area (Å²) in [6, 6.07) is 19.6. The molecule has 1 amide bonds. The lowest BCUT2D eigenvalue weighted by atomic mass is 9.82. The Morgan fingerprint density at radius 2 is 1.71 bits per heavy atom. The third kappa shape index (κ3) is 3.64. The first-order valence-electron chi connectivity index (χ1n) is 10.2. The molecule has 3 aromatic rings. The lowest BCUT2D eigenvalue weighted by molar-refractivity contribution is 0.0987. The van der Waals surface area contributed by atoms with Gasteiger partial charge in [0.15, 0.2) is 0 Å². The predicted molar refractivity (Wildman–Crippen MR) is 116 cm³/mol. The van der Waals surface area contributed by atoms with Crippen LogP contribution in [-0.2, 0) is 16.4 Å². The quantitative estimate of drug-likeness (QED) is 0.675. The number of amides is 1. The largest absolute Gasteiger partial charge is 0.307 e. The summed E-state index contributed by atoms with van der Waals surface area (Å²) in [6.45, 7) is 0.523. The van der Waals surface area contributed by atoms with E-state index in [4.69, 9.17) is 0 Å². The molecule has 0 spiro atoms. The highest BCUT2D eigenvalue weighted by molar-refractivity contribution is 7.89. The van der Waals surface area contributed by atoms with Crippen LogP contribution in [0.2, 0.25) is 0 Å². The molecule has 0 saturated heterocycles. The first-order valence-corrected chi connectivity index (χ1v) is 11.7. The Morgan fingerprint density at radius 3 is 2.45 bits per heavy atom. The number of nitrogens with zero attached hydrogens (tertiary/aromatic N) is 1. The van der Waals surface area contributed by atoms with Crippen LogP contribution in [0, 0.1) is 5.82 Å². The van der Waals surface area contributed by atoms with Crippen LogP contribution in [0.3, 0.4) is 0 Å². The van der Waals surface area contributed by atoms with E-state index in [1.807, 2.05) is 36.4 Å². The molecule has 3 aromatic carbocycles. The zero-order valence-corrected chi connectivity index (χ0v) is 17.5. The summed E-state index contributed by atoms with van der Waals surface area (Å²) >= 11 is 0. The fourth-order valence-corrected chi connectivity index (χ4v) is 5.95. The van der Waals surface area contributed by atoms with Gasteiger partial charge in [-0.05, 0) is 66.4 Å². The SMILES string of the molecule is O=C(c1ccccc1)N1CC2CC(NS(=O)(=O)c3ccc(F)cc3)Cc3cccc1c32. The van der Waals surface area contributed by atoms with E-state index < -0.39 is 15.8 Å². The monoisotopic (exact) mass is 436 g/mol. The molecule has 1 aliphatic heterocycles. The Kier molecular flexibility index (Phi) is 4.87. The zero-order chi connectivity index (χ0) is 21.6. The van der Waals surface area contributed by atoms with Gasteiger partial charge in [0.2, 0.25) is 10.0 Å². The second-order valence-corrected chi connectivity index (χ2v) is 9.75. The second kappa shape index (κ2) is 7.59. The number of anilines is 1. The van der Waals surface area contributed by atoms with Crippen LogP contribution in [0.5, 0.6) is 0 Å². The molecule has 7 heteroatoms. The van der Waals surface area contributed by atoms with Crippen molar-refractivity contribution in [2.24, 2.45) is 0 Å². The van der Waals surface area contributed by atoms with E-state index in [9.17, 15) is 17.6 Å². The minimum absolute atomic E-state index is 0.0424. The molecule has 2 atom stereocenters. The molecule has 0 aromatic heterocycles. The van der Waals surface area contributed by atoms with Gasteiger partial charge in [0.25, 0.3) is 5.91 Å². The Hall–Kier alpha value is -3.03. The third-order valence-electron chi connectivity index (χ3n) is 6.02. The van der Waals surface area contributed by atoms with Gasteiger partial charge in [-0.1, -0.05) is 30.3 Å². The number of sulfonamides is 1. The number of nitrogens with one attached hydrogen (secondary N) is 1. The van der Waals surface area contributed by atoms with E-state index in [1.165, 1.54) is 12.1 Å². The van der Waals surface area contributed by atoms with Crippen molar-refractivity contribution in [3.63, 3.8) is 0 Å². The van der Waals surface area contributed by atoms with Crippen LogP contribution in [0.25, 0.3) is 0 Å². The van der Waals surface area contributed by atoms with Crippen molar-refractivity contribution >= 4 is 21.6 Å². The lowest BCUT2D eigenvalue weighted by Gasteiger charge is -2.28. The summed E-state index contributed by atoms with van der Waals surface area (Å²) in [5, 5.41) is 0. The molecular formula is C24H21FN2O3S.